The van der Waals surface area contributed by atoms with Gasteiger partial charge in [-0.3, -0.25) is 9.59 Å². The second-order valence-corrected chi connectivity index (χ2v) is 7.15. The van der Waals surface area contributed by atoms with Crippen LogP contribution in [0.1, 0.15) is 32.2 Å². The predicted molar refractivity (Wildman–Crippen MR) is 110 cm³/mol. The lowest BCUT2D eigenvalue weighted by molar-refractivity contribution is 0.0704. The summed E-state index contributed by atoms with van der Waals surface area (Å²) < 4.78 is 5.79. The van der Waals surface area contributed by atoms with Gasteiger partial charge < -0.3 is 19.6 Å². The van der Waals surface area contributed by atoms with Gasteiger partial charge in [0.05, 0.1) is 0 Å². The van der Waals surface area contributed by atoms with Crippen molar-refractivity contribution in [1.82, 2.24) is 9.88 Å². The molecule has 5 rings (SSSR count). The average Bonchev–Trinajstić information content (AvgIpc) is 3.42. The van der Waals surface area contributed by atoms with Crippen molar-refractivity contribution in [3.05, 3.63) is 89.4 Å². The summed E-state index contributed by atoms with van der Waals surface area (Å²) in [7, 11) is 0. The summed E-state index contributed by atoms with van der Waals surface area (Å²) in [4.78, 5) is 29.9. The summed E-state index contributed by atoms with van der Waals surface area (Å²) in [5, 5.41) is 3.62. The number of fused-ring (bicyclic) bond motifs is 2. The SMILES string of the molecule is O=C(Nc1ccc2oc(C(=O)N3CCc4ccccc4C3)cc2c1)c1ccc[nH]1. The highest BCUT2D eigenvalue weighted by Gasteiger charge is 2.24. The predicted octanol–water partition coefficient (Wildman–Crippen LogP) is 4.21. The third kappa shape index (κ3) is 3.29. The maximum absolute atomic E-state index is 13.0. The van der Waals surface area contributed by atoms with Crippen molar-refractivity contribution in [2.45, 2.75) is 13.0 Å². The first-order valence-corrected chi connectivity index (χ1v) is 9.52. The van der Waals surface area contributed by atoms with Crippen molar-refractivity contribution in [3.8, 4) is 0 Å². The molecule has 2 aromatic carbocycles. The Morgan fingerprint density at radius 3 is 2.69 bits per heavy atom. The zero-order chi connectivity index (χ0) is 19.8. The van der Waals surface area contributed by atoms with Gasteiger partial charge in [0, 0.05) is 30.4 Å². The minimum Gasteiger partial charge on any atom is -0.451 e. The van der Waals surface area contributed by atoms with Crippen LogP contribution in [0.15, 0.2) is 71.3 Å². The highest BCUT2D eigenvalue weighted by atomic mass is 16.3. The van der Waals surface area contributed by atoms with Crippen molar-refractivity contribution in [3.63, 3.8) is 0 Å². The maximum atomic E-state index is 13.0. The Labute approximate surface area is 167 Å². The van der Waals surface area contributed by atoms with Crippen LogP contribution in [-0.2, 0) is 13.0 Å². The summed E-state index contributed by atoms with van der Waals surface area (Å²) in [6.45, 7) is 1.26. The van der Waals surface area contributed by atoms with Crippen molar-refractivity contribution in [2.24, 2.45) is 0 Å². The number of carbonyl (C=O) groups is 2. The van der Waals surface area contributed by atoms with E-state index in [9.17, 15) is 9.59 Å². The Hall–Kier alpha value is -3.80. The second-order valence-electron chi connectivity index (χ2n) is 7.15. The van der Waals surface area contributed by atoms with Crippen molar-refractivity contribution in [2.75, 3.05) is 11.9 Å². The first-order valence-electron chi connectivity index (χ1n) is 9.52. The number of aromatic nitrogens is 1. The van der Waals surface area contributed by atoms with Gasteiger partial charge in [0.25, 0.3) is 11.8 Å². The Balaban J connectivity index is 1.36. The molecule has 1 aliphatic heterocycles. The Morgan fingerprint density at radius 1 is 1.00 bits per heavy atom. The first kappa shape index (κ1) is 17.3. The van der Waals surface area contributed by atoms with Crippen molar-refractivity contribution >= 4 is 28.5 Å². The van der Waals surface area contributed by atoms with E-state index < -0.39 is 0 Å². The fourth-order valence-electron chi connectivity index (χ4n) is 3.72. The van der Waals surface area contributed by atoms with E-state index in [1.165, 1.54) is 11.1 Å². The lowest BCUT2D eigenvalue weighted by Gasteiger charge is -2.28. The van der Waals surface area contributed by atoms with E-state index in [1.54, 1.807) is 36.5 Å². The number of aromatic amines is 1. The molecule has 0 bridgehead atoms. The molecule has 0 saturated heterocycles. The fourth-order valence-corrected chi connectivity index (χ4v) is 3.72. The molecule has 2 amide bonds. The second kappa shape index (κ2) is 6.98. The number of hydrogen-bond donors (Lipinski definition) is 2. The van der Waals surface area contributed by atoms with Crippen LogP contribution in [0, 0.1) is 0 Å². The first-order chi connectivity index (χ1) is 14.2. The van der Waals surface area contributed by atoms with Crippen LogP contribution < -0.4 is 5.32 Å². The minimum atomic E-state index is -0.221. The standard InChI is InChI=1S/C23H19N3O3/c27-22(19-6-3-10-24-19)25-18-7-8-20-17(12-18)13-21(29-20)23(28)26-11-9-15-4-1-2-5-16(15)14-26/h1-8,10,12-13,24H,9,11,14H2,(H,25,27). The number of hydrogen-bond acceptors (Lipinski definition) is 3. The number of nitrogens with one attached hydrogen (secondary N) is 2. The molecule has 0 aliphatic carbocycles. The molecule has 3 heterocycles. The Bertz CT molecular complexity index is 1210. The quantitative estimate of drug-likeness (QED) is 0.554. The summed E-state index contributed by atoms with van der Waals surface area (Å²) in [6.07, 6.45) is 2.54. The topological polar surface area (TPSA) is 78.3 Å². The number of H-pyrrole nitrogens is 1. The van der Waals surface area contributed by atoms with E-state index in [1.807, 2.05) is 23.1 Å². The van der Waals surface area contributed by atoms with Gasteiger partial charge in [0.15, 0.2) is 5.76 Å². The lowest BCUT2D eigenvalue weighted by atomic mass is 10.00. The summed E-state index contributed by atoms with van der Waals surface area (Å²) in [6, 6.07) is 18.8. The van der Waals surface area contributed by atoms with E-state index in [0.29, 0.717) is 35.8 Å². The average molecular weight is 385 g/mol. The minimum absolute atomic E-state index is 0.118. The lowest BCUT2D eigenvalue weighted by Crippen LogP contribution is -2.35. The number of carbonyl (C=O) groups excluding carboxylic acids is 2. The van der Waals surface area contributed by atoms with E-state index in [0.717, 1.165) is 11.8 Å². The maximum Gasteiger partial charge on any atom is 0.289 e. The van der Waals surface area contributed by atoms with Crippen LogP contribution in [0.3, 0.4) is 0 Å². The number of amides is 2. The van der Waals surface area contributed by atoms with Crippen LogP contribution in [0.25, 0.3) is 11.0 Å². The molecule has 2 N–H and O–H groups in total. The Morgan fingerprint density at radius 2 is 1.86 bits per heavy atom. The number of anilines is 1. The molecular weight excluding hydrogens is 366 g/mol. The number of furan rings is 1. The monoisotopic (exact) mass is 385 g/mol. The Kier molecular flexibility index (Phi) is 4.17. The van der Waals surface area contributed by atoms with Crippen LogP contribution in [0.2, 0.25) is 0 Å². The van der Waals surface area contributed by atoms with Gasteiger partial charge in [0.2, 0.25) is 0 Å². The van der Waals surface area contributed by atoms with Gasteiger partial charge in [-0.25, -0.2) is 0 Å². The van der Waals surface area contributed by atoms with Crippen LogP contribution >= 0.6 is 0 Å². The van der Waals surface area contributed by atoms with Gasteiger partial charge in [-0.05, 0) is 53.9 Å². The van der Waals surface area contributed by atoms with Gasteiger partial charge in [0.1, 0.15) is 11.3 Å². The molecule has 144 valence electrons. The van der Waals surface area contributed by atoms with Crippen LogP contribution in [-0.4, -0.2) is 28.2 Å². The molecule has 0 fully saturated rings. The van der Waals surface area contributed by atoms with Crippen molar-refractivity contribution < 1.29 is 14.0 Å². The smallest absolute Gasteiger partial charge is 0.289 e. The summed E-state index contributed by atoms with van der Waals surface area (Å²) in [5.41, 5.74) is 4.21. The molecule has 2 aromatic heterocycles. The van der Waals surface area contributed by atoms with Crippen LogP contribution in [0.4, 0.5) is 5.69 Å². The van der Waals surface area contributed by atoms with Gasteiger partial charge >= 0.3 is 0 Å². The third-order valence-electron chi connectivity index (χ3n) is 5.25. The molecule has 4 aromatic rings. The van der Waals surface area contributed by atoms with Crippen molar-refractivity contribution in [1.29, 1.82) is 0 Å². The van der Waals surface area contributed by atoms with E-state index in [-0.39, 0.29) is 11.8 Å². The largest absolute Gasteiger partial charge is 0.451 e. The summed E-state index contributed by atoms with van der Waals surface area (Å²) in [5.74, 6) is -0.0268. The van der Waals surface area contributed by atoms with Gasteiger partial charge in [-0.2, -0.15) is 0 Å². The van der Waals surface area contributed by atoms with E-state index in [2.05, 4.69) is 22.4 Å². The number of benzene rings is 2. The van der Waals surface area contributed by atoms with E-state index >= 15 is 0 Å². The zero-order valence-electron chi connectivity index (χ0n) is 15.6. The molecular formula is C23H19N3O3. The zero-order valence-corrected chi connectivity index (χ0v) is 15.6. The van der Waals surface area contributed by atoms with E-state index in [4.69, 9.17) is 4.42 Å². The highest BCUT2D eigenvalue weighted by Crippen LogP contribution is 2.26. The van der Waals surface area contributed by atoms with Crippen LogP contribution in [0.5, 0.6) is 0 Å². The molecule has 0 spiro atoms. The number of nitrogens with zero attached hydrogens (tertiary/aromatic N) is 1. The third-order valence-corrected chi connectivity index (χ3v) is 5.25. The molecule has 1 aliphatic rings. The molecule has 6 heteroatoms. The number of rotatable bonds is 3. The molecule has 0 atom stereocenters. The summed E-state index contributed by atoms with van der Waals surface area (Å²) >= 11 is 0. The van der Waals surface area contributed by atoms with Gasteiger partial charge in [-0.15, -0.1) is 0 Å². The normalized spacial score (nSPS) is 13.3. The molecule has 6 nitrogen and oxygen atoms in total. The molecule has 0 radical (unpaired) electrons. The fraction of sp³-hybridized carbons (Fsp3) is 0.130. The van der Waals surface area contributed by atoms with Gasteiger partial charge in [-0.1, -0.05) is 24.3 Å². The molecule has 0 unspecified atom stereocenters. The highest BCUT2D eigenvalue weighted by molar-refractivity contribution is 6.04. The molecule has 0 saturated carbocycles. The molecule has 29 heavy (non-hydrogen) atoms.